The number of likely N-dealkylation sites (tertiary alicyclic amines) is 1. The van der Waals surface area contributed by atoms with E-state index in [2.05, 4.69) is 0 Å². The zero-order valence-corrected chi connectivity index (χ0v) is 10.5. The SMILES string of the molecule is CC1C(C(F)(F)F)CCN1C(=O)OC(C)(C)C. The molecule has 2 atom stereocenters. The summed E-state index contributed by atoms with van der Waals surface area (Å²) < 4.78 is 42.9. The van der Waals surface area contributed by atoms with Gasteiger partial charge in [-0.15, -0.1) is 0 Å². The quantitative estimate of drug-likeness (QED) is 0.663. The van der Waals surface area contributed by atoms with Gasteiger partial charge in [-0.05, 0) is 34.1 Å². The molecule has 0 saturated carbocycles. The lowest BCUT2D eigenvalue weighted by atomic mass is 10.0. The fourth-order valence-electron chi connectivity index (χ4n) is 1.96. The maximum Gasteiger partial charge on any atom is 0.410 e. The Morgan fingerprint density at radius 1 is 1.29 bits per heavy atom. The Hall–Kier alpha value is -0.940. The summed E-state index contributed by atoms with van der Waals surface area (Å²) in [5, 5.41) is 0. The average molecular weight is 253 g/mol. The first-order valence-electron chi connectivity index (χ1n) is 5.58. The highest BCUT2D eigenvalue weighted by atomic mass is 19.4. The van der Waals surface area contributed by atoms with E-state index in [0.717, 1.165) is 4.90 Å². The molecule has 6 heteroatoms. The van der Waals surface area contributed by atoms with Crippen LogP contribution in [0.15, 0.2) is 0 Å². The van der Waals surface area contributed by atoms with Crippen molar-refractivity contribution in [2.24, 2.45) is 5.92 Å². The molecule has 100 valence electrons. The first kappa shape index (κ1) is 14.1. The summed E-state index contributed by atoms with van der Waals surface area (Å²) in [6, 6.07) is -0.857. The van der Waals surface area contributed by atoms with Gasteiger partial charge in [0.15, 0.2) is 0 Å². The standard InChI is InChI=1S/C11H18F3NO2/c1-7-8(11(12,13)14)5-6-15(7)9(16)17-10(2,3)4/h7-8H,5-6H2,1-4H3. The molecule has 0 N–H and O–H groups in total. The van der Waals surface area contributed by atoms with Crippen LogP contribution in [0.5, 0.6) is 0 Å². The maximum atomic E-state index is 12.6. The molecule has 0 radical (unpaired) electrons. The Kier molecular flexibility index (Phi) is 3.64. The van der Waals surface area contributed by atoms with Crippen LogP contribution < -0.4 is 0 Å². The molecule has 17 heavy (non-hydrogen) atoms. The number of carbonyl (C=O) groups is 1. The summed E-state index contributed by atoms with van der Waals surface area (Å²) in [5.74, 6) is -1.45. The number of nitrogens with zero attached hydrogens (tertiary/aromatic N) is 1. The minimum absolute atomic E-state index is 0.0517. The largest absolute Gasteiger partial charge is 0.444 e. The van der Waals surface area contributed by atoms with Crippen molar-refractivity contribution in [3.63, 3.8) is 0 Å². The van der Waals surface area contributed by atoms with E-state index >= 15 is 0 Å². The van der Waals surface area contributed by atoms with E-state index in [9.17, 15) is 18.0 Å². The number of ether oxygens (including phenoxy) is 1. The van der Waals surface area contributed by atoms with Gasteiger partial charge in [-0.25, -0.2) is 4.79 Å². The molecule has 0 spiro atoms. The second-order valence-corrected chi connectivity index (χ2v) is 5.35. The molecule has 1 saturated heterocycles. The van der Waals surface area contributed by atoms with Crippen molar-refractivity contribution in [1.82, 2.24) is 4.90 Å². The fraction of sp³-hybridized carbons (Fsp3) is 0.909. The van der Waals surface area contributed by atoms with Crippen LogP contribution in [-0.4, -0.2) is 35.4 Å². The molecule has 0 aromatic rings. The van der Waals surface area contributed by atoms with E-state index in [0.29, 0.717) is 0 Å². The van der Waals surface area contributed by atoms with Crippen LogP contribution in [0.25, 0.3) is 0 Å². The van der Waals surface area contributed by atoms with Gasteiger partial charge in [-0.2, -0.15) is 13.2 Å². The third-order valence-corrected chi connectivity index (χ3v) is 2.80. The Balaban J connectivity index is 2.68. The molecular weight excluding hydrogens is 235 g/mol. The smallest absolute Gasteiger partial charge is 0.410 e. The Morgan fingerprint density at radius 2 is 1.82 bits per heavy atom. The van der Waals surface area contributed by atoms with Crippen LogP contribution in [-0.2, 0) is 4.74 Å². The van der Waals surface area contributed by atoms with Gasteiger partial charge in [-0.1, -0.05) is 0 Å². The molecule has 3 nitrogen and oxygen atoms in total. The van der Waals surface area contributed by atoms with Crippen molar-refractivity contribution < 1.29 is 22.7 Å². The van der Waals surface area contributed by atoms with E-state index in [-0.39, 0.29) is 13.0 Å². The lowest BCUT2D eigenvalue weighted by Gasteiger charge is -2.29. The normalized spacial score (nSPS) is 26.2. The van der Waals surface area contributed by atoms with Crippen molar-refractivity contribution in [3.05, 3.63) is 0 Å². The van der Waals surface area contributed by atoms with Crippen molar-refractivity contribution in [3.8, 4) is 0 Å². The second kappa shape index (κ2) is 4.38. The molecule has 1 heterocycles. The minimum Gasteiger partial charge on any atom is -0.444 e. The van der Waals surface area contributed by atoms with Crippen molar-refractivity contribution >= 4 is 6.09 Å². The number of amides is 1. The minimum atomic E-state index is -4.25. The molecule has 0 bridgehead atoms. The van der Waals surface area contributed by atoms with Crippen molar-refractivity contribution in [2.75, 3.05) is 6.54 Å². The number of alkyl halides is 3. The summed E-state index contributed by atoms with van der Waals surface area (Å²) in [5.41, 5.74) is -0.687. The van der Waals surface area contributed by atoms with Crippen molar-refractivity contribution in [1.29, 1.82) is 0 Å². The highest BCUT2D eigenvalue weighted by Crippen LogP contribution is 2.38. The van der Waals surface area contributed by atoms with Gasteiger partial charge in [0, 0.05) is 12.6 Å². The predicted molar refractivity (Wildman–Crippen MR) is 56.6 cm³/mol. The van der Waals surface area contributed by atoms with E-state index < -0.39 is 29.8 Å². The summed E-state index contributed by atoms with van der Waals surface area (Å²) in [7, 11) is 0. The summed E-state index contributed by atoms with van der Waals surface area (Å²) in [6.07, 6.45) is -4.98. The highest BCUT2D eigenvalue weighted by Gasteiger charge is 2.50. The molecular formula is C11H18F3NO2. The fourth-order valence-corrected chi connectivity index (χ4v) is 1.96. The third kappa shape index (κ3) is 3.51. The van der Waals surface area contributed by atoms with Crippen LogP contribution >= 0.6 is 0 Å². The van der Waals surface area contributed by atoms with Gasteiger partial charge in [0.05, 0.1) is 5.92 Å². The lowest BCUT2D eigenvalue weighted by Crippen LogP contribution is -2.42. The molecule has 0 aromatic carbocycles. The van der Waals surface area contributed by atoms with Gasteiger partial charge in [-0.3, -0.25) is 0 Å². The van der Waals surface area contributed by atoms with Gasteiger partial charge in [0.1, 0.15) is 5.60 Å². The average Bonchev–Trinajstić information content (AvgIpc) is 2.42. The zero-order valence-electron chi connectivity index (χ0n) is 10.5. The van der Waals surface area contributed by atoms with Gasteiger partial charge >= 0.3 is 12.3 Å². The lowest BCUT2D eigenvalue weighted by molar-refractivity contribution is -0.178. The second-order valence-electron chi connectivity index (χ2n) is 5.35. The van der Waals surface area contributed by atoms with Crippen LogP contribution in [0, 0.1) is 5.92 Å². The van der Waals surface area contributed by atoms with E-state index in [1.807, 2.05) is 0 Å². The number of hydrogen-bond donors (Lipinski definition) is 0. The van der Waals surface area contributed by atoms with Crippen LogP contribution in [0.1, 0.15) is 34.1 Å². The first-order chi connectivity index (χ1) is 7.52. The molecule has 1 aliphatic heterocycles. The Morgan fingerprint density at radius 3 is 2.18 bits per heavy atom. The topological polar surface area (TPSA) is 29.5 Å². The predicted octanol–water partition coefficient (Wildman–Crippen LogP) is 3.19. The zero-order chi connectivity index (χ0) is 13.4. The third-order valence-electron chi connectivity index (χ3n) is 2.80. The first-order valence-corrected chi connectivity index (χ1v) is 5.58. The summed E-state index contributed by atoms with van der Waals surface area (Å²) in [4.78, 5) is 12.8. The summed E-state index contributed by atoms with van der Waals surface area (Å²) in [6.45, 7) is 6.57. The van der Waals surface area contributed by atoms with Gasteiger partial charge in [0.25, 0.3) is 0 Å². The van der Waals surface area contributed by atoms with Gasteiger partial charge < -0.3 is 9.64 Å². The number of rotatable bonds is 0. The Bertz CT molecular complexity index is 296. The molecule has 0 aliphatic carbocycles. The molecule has 0 aromatic heterocycles. The number of carbonyl (C=O) groups excluding carboxylic acids is 1. The molecule has 2 unspecified atom stereocenters. The number of halogens is 3. The molecule has 1 rings (SSSR count). The highest BCUT2D eigenvalue weighted by molar-refractivity contribution is 5.69. The van der Waals surface area contributed by atoms with Crippen LogP contribution in [0.3, 0.4) is 0 Å². The number of hydrogen-bond acceptors (Lipinski definition) is 2. The van der Waals surface area contributed by atoms with Crippen LogP contribution in [0.2, 0.25) is 0 Å². The van der Waals surface area contributed by atoms with E-state index in [1.54, 1.807) is 20.8 Å². The molecule has 1 aliphatic rings. The monoisotopic (exact) mass is 253 g/mol. The van der Waals surface area contributed by atoms with E-state index in [4.69, 9.17) is 4.74 Å². The van der Waals surface area contributed by atoms with Gasteiger partial charge in [0.2, 0.25) is 0 Å². The van der Waals surface area contributed by atoms with Crippen LogP contribution in [0.4, 0.5) is 18.0 Å². The van der Waals surface area contributed by atoms with E-state index in [1.165, 1.54) is 6.92 Å². The molecule has 1 amide bonds. The Labute approximate surface area is 98.9 Å². The summed E-state index contributed by atoms with van der Waals surface area (Å²) >= 11 is 0. The molecule has 1 fully saturated rings. The van der Waals surface area contributed by atoms with Crippen molar-refractivity contribution in [2.45, 2.75) is 51.9 Å². The maximum absolute atomic E-state index is 12.6.